The third-order valence-corrected chi connectivity index (χ3v) is 4.40. The number of hydrogen-bond donors (Lipinski definition) is 1. The molecule has 0 radical (unpaired) electrons. The van der Waals surface area contributed by atoms with Crippen molar-refractivity contribution >= 4 is 5.91 Å². The van der Waals surface area contributed by atoms with Crippen molar-refractivity contribution in [2.24, 2.45) is 5.92 Å². The lowest BCUT2D eigenvalue weighted by atomic mass is 9.97. The van der Waals surface area contributed by atoms with Gasteiger partial charge in [0.05, 0.1) is 6.42 Å². The van der Waals surface area contributed by atoms with Gasteiger partial charge in [-0.05, 0) is 63.7 Å². The van der Waals surface area contributed by atoms with Crippen molar-refractivity contribution in [1.82, 2.24) is 10.2 Å². The molecule has 3 nitrogen and oxygen atoms in total. The Balaban J connectivity index is 2.00. The summed E-state index contributed by atoms with van der Waals surface area (Å²) in [5.74, 6) is 0.854. The molecule has 1 aromatic carbocycles. The Morgan fingerprint density at radius 3 is 2.76 bits per heavy atom. The van der Waals surface area contributed by atoms with Gasteiger partial charge in [0.1, 0.15) is 0 Å². The highest BCUT2D eigenvalue weighted by Gasteiger charge is 2.23. The molecule has 1 unspecified atom stereocenters. The maximum absolute atomic E-state index is 12.7. The van der Waals surface area contributed by atoms with Crippen molar-refractivity contribution in [2.45, 2.75) is 46.1 Å². The number of nitrogens with zero attached hydrogens (tertiary/aromatic N) is 1. The molecule has 1 atom stereocenters. The first-order valence-electron chi connectivity index (χ1n) is 8.12. The van der Waals surface area contributed by atoms with E-state index in [9.17, 15) is 4.79 Å². The van der Waals surface area contributed by atoms with Gasteiger partial charge in [-0.25, -0.2) is 0 Å². The lowest BCUT2D eigenvalue weighted by Crippen LogP contribution is -2.44. The molecule has 21 heavy (non-hydrogen) atoms. The molecule has 1 aromatic rings. The van der Waals surface area contributed by atoms with Gasteiger partial charge >= 0.3 is 0 Å². The summed E-state index contributed by atoms with van der Waals surface area (Å²) in [5.41, 5.74) is 2.35. The van der Waals surface area contributed by atoms with Crippen LogP contribution in [0.4, 0.5) is 0 Å². The van der Waals surface area contributed by atoms with E-state index in [4.69, 9.17) is 0 Å². The molecule has 3 heteroatoms. The Hall–Kier alpha value is -1.35. The number of nitrogens with one attached hydrogen (secondary N) is 1. The molecule has 1 aliphatic rings. The zero-order valence-corrected chi connectivity index (χ0v) is 13.6. The first kappa shape index (κ1) is 16.0. The Morgan fingerprint density at radius 2 is 2.14 bits per heavy atom. The second kappa shape index (κ2) is 7.60. The van der Waals surface area contributed by atoms with Gasteiger partial charge in [-0.15, -0.1) is 0 Å². The SMILES string of the molecule is Cc1ccccc1CC(=O)N(CC1CCCNC1)C(C)C. The number of hydrogen-bond acceptors (Lipinski definition) is 2. The summed E-state index contributed by atoms with van der Waals surface area (Å²) in [5, 5.41) is 3.44. The first-order chi connectivity index (χ1) is 10.1. The predicted molar refractivity (Wildman–Crippen MR) is 87.3 cm³/mol. The highest BCUT2D eigenvalue weighted by Crippen LogP contribution is 2.16. The highest BCUT2D eigenvalue weighted by atomic mass is 16.2. The monoisotopic (exact) mass is 288 g/mol. The molecular formula is C18H28N2O. The number of carbonyl (C=O) groups excluding carboxylic acids is 1. The molecular weight excluding hydrogens is 260 g/mol. The van der Waals surface area contributed by atoms with E-state index >= 15 is 0 Å². The van der Waals surface area contributed by atoms with Gasteiger partial charge < -0.3 is 10.2 Å². The smallest absolute Gasteiger partial charge is 0.227 e. The summed E-state index contributed by atoms with van der Waals surface area (Å²) in [7, 11) is 0. The Bertz CT molecular complexity index is 464. The lowest BCUT2D eigenvalue weighted by molar-refractivity contribution is -0.133. The number of rotatable bonds is 5. The molecule has 116 valence electrons. The van der Waals surface area contributed by atoms with Gasteiger partial charge in [-0.1, -0.05) is 24.3 Å². The molecule has 1 aliphatic heterocycles. The van der Waals surface area contributed by atoms with Crippen LogP contribution < -0.4 is 5.32 Å². The quantitative estimate of drug-likeness (QED) is 0.903. The summed E-state index contributed by atoms with van der Waals surface area (Å²) < 4.78 is 0. The summed E-state index contributed by atoms with van der Waals surface area (Å²) in [4.78, 5) is 14.7. The van der Waals surface area contributed by atoms with Crippen molar-refractivity contribution in [3.8, 4) is 0 Å². The van der Waals surface area contributed by atoms with Crippen molar-refractivity contribution in [3.63, 3.8) is 0 Å². The second-order valence-electron chi connectivity index (χ2n) is 6.46. The Labute approximate surface area is 128 Å². The number of aryl methyl sites for hydroxylation is 1. The third-order valence-electron chi connectivity index (χ3n) is 4.40. The molecule has 0 aliphatic carbocycles. The molecule has 1 amide bonds. The maximum Gasteiger partial charge on any atom is 0.227 e. The first-order valence-corrected chi connectivity index (χ1v) is 8.12. The highest BCUT2D eigenvalue weighted by molar-refractivity contribution is 5.79. The van der Waals surface area contributed by atoms with Crippen molar-refractivity contribution in [1.29, 1.82) is 0 Å². The van der Waals surface area contributed by atoms with Crippen LogP contribution in [0.3, 0.4) is 0 Å². The van der Waals surface area contributed by atoms with E-state index in [0.29, 0.717) is 12.3 Å². The van der Waals surface area contributed by atoms with Gasteiger partial charge in [0.2, 0.25) is 5.91 Å². The van der Waals surface area contributed by atoms with Crippen molar-refractivity contribution in [3.05, 3.63) is 35.4 Å². The molecule has 1 fully saturated rings. The summed E-state index contributed by atoms with van der Waals surface area (Å²) in [6, 6.07) is 8.45. The van der Waals surface area contributed by atoms with Gasteiger partial charge in [-0.3, -0.25) is 4.79 Å². The minimum atomic E-state index is 0.255. The average Bonchev–Trinajstić information content (AvgIpc) is 2.48. The fourth-order valence-electron chi connectivity index (χ4n) is 3.03. The average molecular weight is 288 g/mol. The second-order valence-corrected chi connectivity index (χ2v) is 6.46. The van der Waals surface area contributed by atoms with Crippen LogP contribution in [-0.4, -0.2) is 36.5 Å². The fraction of sp³-hybridized carbons (Fsp3) is 0.611. The molecule has 0 spiro atoms. The molecule has 1 N–H and O–H groups in total. The van der Waals surface area contributed by atoms with Crippen LogP contribution in [0.1, 0.15) is 37.8 Å². The summed E-state index contributed by atoms with van der Waals surface area (Å²) >= 11 is 0. The van der Waals surface area contributed by atoms with Gasteiger partial charge in [0.15, 0.2) is 0 Å². The lowest BCUT2D eigenvalue weighted by Gasteiger charge is -2.33. The van der Waals surface area contributed by atoms with E-state index < -0.39 is 0 Å². The zero-order chi connectivity index (χ0) is 15.2. The normalized spacial score (nSPS) is 18.8. The van der Waals surface area contributed by atoms with Crippen LogP contribution in [0.25, 0.3) is 0 Å². The fourth-order valence-corrected chi connectivity index (χ4v) is 3.03. The number of piperidine rings is 1. The van der Waals surface area contributed by atoms with Crippen LogP contribution in [0, 0.1) is 12.8 Å². The zero-order valence-electron chi connectivity index (χ0n) is 13.6. The van der Waals surface area contributed by atoms with E-state index in [-0.39, 0.29) is 11.9 Å². The van der Waals surface area contributed by atoms with E-state index in [0.717, 1.165) is 25.2 Å². The summed E-state index contributed by atoms with van der Waals surface area (Å²) in [6.45, 7) is 9.36. The van der Waals surface area contributed by atoms with Gasteiger partial charge in [0.25, 0.3) is 0 Å². The van der Waals surface area contributed by atoms with E-state index in [1.165, 1.54) is 18.4 Å². The molecule has 1 saturated heterocycles. The molecule has 0 saturated carbocycles. The van der Waals surface area contributed by atoms with Gasteiger partial charge in [0, 0.05) is 12.6 Å². The Morgan fingerprint density at radius 1 is 1.38 bits per heavy atom. The maximum atomic E-state index is 12.7. The molecule has 0 bridgehead atoms. The number of amides is 1. The minimum Gasteiger partial charge on any atom is -0.340 e. The van der Waals surface area contributed by atoms with Crippen LogP contribution in [0.2, 0.25) is 0 Å². The van der Waals surface area contributed by atoms with E-state index in [1.807, 2.05) is 12.1 Å². The number of benzene rings is 1. The van der Waals surface area contributed by atoms with Crippen LogP contribution in [0.15, 0.2) is 24.3 Å². The van der Waals surface area contributed by atoms with Crippen LogP contribution >= 0.6 is 0 Å². The Kier molecular flexibility index (Phi) is 5.80. The number of carbonyl (C=O) groups is 1. The van der Waals surface area contributed by atoms with Crippen molar-refractivity contribution in [2.75, 3.05) is 19.6 Å². The third kappa shape index (κ3) is 4.57. The van der Waals surface area contributed by atoms with Crippen LogP contribution in [-0.2, 0) is 11.2 Å². The largest absolute Gasteiger partial charge is 0.340 e. The predicted octanol–water partition coefficient (Wildman–Crippen LogP) is 2.77. The molecule has 0 aromatic heterocycles. The molecule has 1 heterocycles. The minimum absolute atomic E-state index is 0.255. The van der Waals surface area contributed by atoms with Crippen LogP contribution in [0.5, 0.6) is 0 Å². The molecule has 2 rings (SSSR count). The van der Waals surface area contributed by atoms with E-state index in [2.05, 4.69) is 43.1 Å². The topological polar surface area (TPSA) is 32.3 Å². The van der Waals surface area contributed by atoms with Gasteiger partial charge in [-0.2, -0.15) is 0 Å². The van der Waals surface area contributed by atoms with E-state index in [1.54, 1.807) is 0 Å². The summed E-state index contributed by atoms with van der Waals surface area (Å²) in [6.07, 6.45) is 2.97. The standard InChI is InChI=1S/C18H28N2O/c1-14(2)20(13-16-8-6-10-19-12-16)18(21)11-17-9-5-4-7-15(17)3/h4-5,7,9,14,16,19H,6,8,10-13H2,1-3H3. The van der Waals surface area contributed by atoms with Crippen molar-refractivity contribution < 1.29 is 4.79 Å².